The Morgan fingerprint density at radius 3 is 2.67 bits per heavy atom. The number of carbonyl (C=O) groups excluding carboxylic acids is 1. The molecule has 0 aromatic heterocycles. The molecule has 1 aromatic carbocycles. The van der Waals surface area contributed by atoms with Crippen LogP contribution in [0.4, 0.5) is 5.69 Å². The number of nitrogen functional groups attached to an aromatic ring is 1. The summed E-state index contributed by atoms with van der Waals surface area (Å²) in [6.07, 6.45) is 0.336. The average Bonchev–Trinajstić information content (AvgIpc) is 2.17. The van der Waals surface area contributed by atoms with Crippen LogP contribution in [-0.2, 0) is 0 Å². The topological polar surface area (TPSA) is 81.5 Å². The highest BCUT2D eigenvalue weighted by Gasteiger charge is 2.07. The molecule has 15 heavy (non-hydrogen) atoms. The summed E-state index contributed by atoms with van der Waals surface area (Å²) in [4.78, 5) is 15.6. The van der Waals surface area contributed by atoms with Gasteiger partial charge < -0.3 is 11.5 Å². The van der Waals surface area contributed by atoms with Crippen molar-refractivity contribution in [3.8, 4) is 0 Å². The van der Waals surface area contributed by atoms with Crippen LogP contribution >= 0.6 is 0 Å². The molecule has 0 aliphatic carbocycles. The fourth-order valence-electron chi connectivity index (χ4n) is 1.22. The maximum Gasteiger partial charge on any atom is 0.166 e. The second-order valence-electron chi connectivity index (χ2n) is 3.28. The minimum absolute atomic E-state index is 0.00176. The fourth-order valence-corrected chi connectivity index (χ4v) is 1.22. The van der Waals surface area contributed by atoms with Crippen molar-refractivity contribution in [3.63, 3.8) is 0 Å². The average molecular weight is 205 g/mol. The Bertz CT molecular complexity index is 381. The van der Waals surface area contributed by atoms with Crippen LogP contribution in [-0.4, -0.2) is 18.2 Å². The zero-order valence-electron chi connectivity index (χ0n) is 8.73. The number of aliphatic imine (C=N–C) groups is 1. The first kappa shape index (κ1) is 11.2. The van der Waals surface area contributed by atoms with Gasteiger partial charge in [-0.05, 0) is 19.1 Å². The first-order valence-corrected chi connectivity index (χ1v) is 4.75. The van der Waals surface area contributed by atoms with E-state index >= 15 is 0 Å². The van der Waals surface area contributed by atoms with Crippen molar-refractivity contribution in [3.05, 3.63) is 29.8 Å². The van der Waals surface area contributed by atoms with Gasteiger partial charge in [0.1, 0.15) is 0 Å². The molecule has 4 heteroatoms. The predicted octanol–water partition coefficient (Wildman–Crippen LogP) is 1.22. The molecule has 4 N–H and O–H groups in total. The highest BCUT2D eigenvalue weighted by Crippen LogP contribution is 2.12. The van der Waals surface area contributed by atoms with Crippen LogP contribution in [0.1, 0.15) is 23.7 Å². The highest BCUT2D eigenvalue weighted by molar-refractivity contribution is 6.00. The van der Waals surface area contributed by atoms with Gasteiger partial charge in [-0.2, -0.15) is 0 Å². The van der Waals surface area contributed by atoms with Gasteiger partial charge in [-0.3, -0.25) is 9.79 Å². The van der Waals surface area contributed by atoms with Crippen molar-refractivity contribution >= 4 is 17.3 Å². The molecule has 0 heterocycles. The lowest BCUT2D eigenvalue weighted by Gasteiger charge is -2.02. The summed E-state index contributed by atoms with van der Waals surface area (Å²) in [5, 5.41) is 0. The second-order valence-corrected chi connectivity index (χ2v) is 3.28. The molecule has 0 saturated carbocycles. The number of anilines is 1. The van der Waals surface area contributed by atoms with Crippen LogP contribution in [0.15, 0.2) is 29.3 Å². The SMILES string of the molecule is CC(N)=NCCC(=O)c1ccccc1N. The number of ketones is 1. The third-order valence-corrected chi connectivity index (χ3v) is 1.96. The number of benzene rings is 1. The van der Waals surface area contributed by atoms with E-state index in [9.17, 15) is 4.79 Å². The summed E-state index contributed by atoms with van der Waals surface area (Å²) >= 11 is 0. The highest BCUT2D eigenvalue weighted by atomic mass is 16.1. The molecule has 0 amide bonds. The summed E-state index contributed by atoms with van der Waals surface area (Å²) in [6.45, 7) is 2.11. The van der Waals surface area contributed by atoms with Gasteiger partial charge >= 0.3 is 0 Å². The summed E-state index contributed by atoms with van der Waals surface area (Å²) in [5.74, 6) is 0.488. The molecule has 0 radical (unpaired) electrons. The lowest BCUT2D eigenvalue weighted by atomic mass is 10.1. The maximum atomic E-state index is 11.7. The predicted molar refractivity (Wildman–Crippen MR) is 62.0 cm³/mol. The second kappa shape index (κ2) is 5.14. The van der Waals surface area contributed by atoms with E-state index in [1.54, 1.807) is 31.2 Å². The molecular weight excluding hydrogens is 190 g/mol. The van der Waals surface area contributed by atoms with Crippen LogP contribution in [0.5, 0.6) is 0 Å². The minimum Gasteiger partial charge on any atom is -0.398 e. The van der Waals surface area contributed by atoms with Gasteiger partial charge in [-0.25, -0.2) is 0 Å². The number of Topliss-reactive ketones (excluding diaryl/α,β-unsaturated/α-hetero) is 1. The number of nitrogens with two attached hydrogens (primary N) is 2. The van der Waals surface area contributed by atoms with Gasteiger partial charge in [0, 0.05) is 24.2 Å². The maximum absolute atomic E-state index is 11.7. The fraction of sp³-hybridized carbons (Fsp3) is 0.273. The Balaban J connectivity index is 2.62. The third kappa shape index (κ3) is 3.42. The first-order chi connectivity index (χ1) is 7.11. The normalized spacial score (nSPS) is 11.4. The molecule has 0 atom stereocenters. The molecular formula is C11H15N3O. The lowest BCUT2D eigenvalue weighted by Crippen LogP contribution is -2.09. The molecule has 0 bridgehead atoms. The smallest absolute Gasteiger partial charge is 0.166 e. The summed E-state index contributed by atoms with van der Waals surface area (Å²) in [5.41, 5.74) is 12.1. The van der Waals surface area contributed by atoms with Gasteiger partial charge in [-0.15, -0.1) is 0 Å². The van der Waals surface area contributed by atoms with E-state index in [1.807, 2.05) is 0 Å². The standard InChI is InChI=1S/C11H15N3O/c1-8(12)14-7-6-11(15)9-4-2-3-5-10(9)13/h2-5H,6-7,13H2,1H3,(H2,12,14). The first-order valence-electron chi connectivity index (χ1n) is 4.75. The van der Waals surface area contributed by atoms with Crippen LogP contribution in [0, 0.1) is 0 Å². The molecule has 1 rings (SSSR count). The van der Waals surface area contributed by atoms with Gasteiger partial charge in [-0.1, -0.05) is 12.1 Å². The molecule has 0 fully saturated rings. The van der Waals surface area contributed by atoms with E-state index in [1.165, 1.54) is 0 Å². The number of para-hydroxylation sites is 1. The van der Waals surface area contributed by atoms with Gasteiger partial charge in [0.2, 0.25) is 0 Å². The van der Waals surface area contributed by atoms with Gasteiger partial charge in [0.05, 0.1) is 5.84 Å². The molecule has 0 aliphatic rings. The lowest BCUT2D eigenvalue weighted by molar-refractivity contribution is 0.0986. The number of rotatable bonds is 4. The number of hydrogen-bond donors (Lipinski definition) is 2. The van der Waals surface area contributed by atoms with E-state index in [0.717, 1.165) is 0 Å². The van der Waals surface area contributed by atoms with Gasteiger partial charge in [0.25, 0.3) is 0 Å². The van der Waals surface area contributed by atoms with E-state index in [-0.39, 0.29) is 5.78 Å². The van der Waals surface area contributed by atoms with Crippen LogP contribution < -0.4 is 11.5 Å². The molecule has 80 valence electrons. The van der Waals surface area contributed by atoms with E-state index in [0.29, 0.717) is 30.1 Å². The summed E-state index contributed by atoms with van der Waals surface area (Å²) in [7, 11) is 0. The number of hydrogen-bond acceptors (Lipinski definition) is 3. The molecule has 0 aliphatic heterocycles. The number of nitrogens with zero attached hydrogens (tertiary/aromatic N) is 1. The minimum atomic E-state index is -0.00176. The number of amidine groups is 1. The third-order valence-electron chi connectivity index (χ3n) is 1.96. The van der Waals surface area contributed by atoms with Crippen molar-refractivity contribution in [2.45, 2.75) is 13.3 Å². The Hall–Kier alpha value is -1.84. The Morgan fingerprint density at radius 1 is 1.40 bits per heavy atom. The monoisotopic (exact) mass is 205 g/mol. The van der Waals surface area contributed by atoms with Crippen molar-refractivity contribution < 1.29 is 4.79 Å². The Kier molecular flexibility index (Phi) is 3.85. The molecule has 0 spiro atoms. The van der Waals surface area contributed by atoms with E-state index in [2.05, 4.69) is 4.99 Å². The Labute approximate surface area is 89.0 Å². The molecule has 4 nitrogen and oxygen atoms in total. The van der Waals surface area contributed by atoms with Crippen LogP contribution in [0.25, 0.3) is 0 Å². The van der Waals surface area contributed by atoms with E-state index in [4.69, 9.17) is 11.5 Å². The summed E-state index contributed by atoms with van der Waals surface area (Å²) in [6, 6.07) is 7.02. The van der Waals surface area contributed by atoms with Crippen molar-refractivity contribution in [1.29, 1.82) is 0 Å². The summed E-state index contributed by atoms with van der Waals surface area (Å²) < 4.78 is 0. The van der Waals surface area contributed by atoms with Crippen molar-refractivity contribution in [2.75, 3.05) is 12.3 Å². The Morgan fingerprint density at radius 2 is 2.07 bits per heavy atom. The van der Waals surface area contributed by atoms with Crippen molar-refractivity contribution in [2.24, 2.45) is 10.7 Å². The quantitative estimate of drug-likeness (QED) is 0.335. The van der Waals surface area contributed by atoms with Crippen molar-refractivity contribution in [1.82, 2.24) is 0 Å². The zero-order chi connectivity index (χ0) is 11.3. The molecule has 0 saturated heterocycles. The van der Waals surface area contributed by atoms with Crippen LogP contribution in [0.3, 0.4) is 0 Å². The van der Waals surface area contributed by atoms with Crippen LogP contribution in [0.2, 0.25) is 0 Å². The van der Waals surface area contributed by atoms with Gasteiger partial charge in [0.15, 0.2) is 5.78 Å². The largest absolute Gasteiger partial charge is 0.398 e. The molecule has 1 aromatic rings. The molecule has 0 unspecified atom stereocenters. The number of carbonyl (C=O) groups is 1. The zero-order valence-corrected chi connectivity index (χ0v) is 8.73. The van der Waals surface area contributed by atoms with E-state index < -0.39 is 0 Å².